The number of H-pyrrole nitrogens is 1. The van der Waals surface area contributed by atoms with Gasteiger partial charge in [0.25, 0.3) is 5.91 Å². The topological polar surface area (TPSA) is 70.7 Å². The average molecular weight is 222 g/mol. The summed E-state index contributed by atoms with van der Waals surface area (Å²) in [6, 6.07) is 0.339. The number of aromatic amines is 1. The van der Waals surface area contributed by atoms with Crippen molar-refractivity contribution >= 4 is 5.91 Å². The van der Waals surface area contributed by atoms with Crippen LogP contribution in [0.2, 0.25) is 0 Å². The summed E-state index contributed by atoms with van der Waals surface area (Å²) in [7, 11) is 0. The molecule has 1 aliphatic rings. The monoisotopic (exact) mass is 222 g/mol. The van der Waals surface area contributed by atoms with E-state index in [1.165, 1.54) is 0 Å². The predicted octanol–water partition coefficient (Wildman–Crippen LogP) is 1.29. The molecule has 5 heteroatoms. The molecule has 0 saturated heterocycles. The summed E-state index contributed by atoms with van der Waals surface area (Å²) in [5, 5.41) is 9.65. The molecule has 16 heavy (non-hydrogen) atoms. The minimum atomic E-state index is -0.153. The van der Waals surface area contributed by atoms with Gasteiger partial charge in [0.2, 0.25) is 5.82 Å². The molecular weight excluding hydrogens is 204 g/mol. The van der Waals surface area contributed by atoms with Crippen LogP contribution in [0.1, 0.15) is 49.6 Å². The highest BCUT2D eigenvalue weighted by Gasteiger charge is 2.37. The molecule has 1 heterocycles. The fourth-order valence-electron chi connectivity index (χ4n) is 1.85. The molecule has 2 unspecified atom stereocenters. The standard InChI is InChI=1S/C11H18N4O/c1-3-5-9-13-10(15-14-9)11(16)12-8-6-7(8)4-2/h7-8H,3-6H2,1-2H3,(H,12,16)(H,13,14,15). The number of nitrogens with zero attached hydrogens (tertiary/aromatic N) is 2. The number of nitrogens with one attached hydrogen (secondary N) is 2. The summed E-state index contributed by atoms with van der Waals surface area (Å²) >= 11 is 0. The predicted molar refractivity (Wildman–Crippen MR) is 60.0 cm³/mol. The van der Waals surface area contributed by atoms with E-state index in [1.807, 2.05) is 0 Å². The Kier molecular flexibility index (Phi) is 3.22. The highest BCUT2D eigenvalue weighted by molar-refractivity contribution is 5.90. The number of aromatic nitrogens is 3. The van der Waals surface area contributed by atoms with E-state index >= 15 is 0 Å². The van der Waals surface area contributed by atoms with E-state index in [2.05, 4.69) is 34.3 Å². The van der Waals surface area contributed by atoms with Crippen molar-refractivity contribution < 1.29 is 4.79 Å². The van der Waals surface area contributed by atoms with E-state index < -0.39 is 0 Å². The van der Waals surface area contributed by atoms with Gasteiger partial charge in [-0.2, -0.15) is 0 Å². The van der Waals surface area contributed by atoms with Crippen LogP contribution in [0.15, 0.2) is 0 Å². The van der Waals surface area contributed by atoms with Crippen LogP contribution >= 0.6 is 0 Å². The van der Waals surface area contributed by atoms with Crippen LogP contribution in [0.5, 0.6) is 0 Å². The number of amides is 1. The second kappa shape index (κ2) is 4.63. The Morgan fingerprint density at radius 1 is 1.56 bits per heavy atom. The third kappa shape index (κ3) is 2.40. The second-order valence-corrected chi connectivity index (χ2v) is 4.34. The van der Waals surface area contributed by atoms with E-state index in [0.717, 1.165) is 31.5 Å². The molecule has 0 bridgehead atoms. The molecule has 0 aromatic carbocycles. The van der Waals surface area contributed by atoms with Crippen molar-refractivity contribution in [2.45, 2.75) is 45.6 Å². The van der Waals surface area contributed by atoms with Crippen LogP contribution in [0, 0.1) is 5.92 Å². The summed E-state index contributed by atoms with van der Waals surface area (Å²) in [5.41, 5.74) is 0. The number of hydrogen-bond acceptors (Lipinski definition) is 3. The average Bonchev–Trinajstić information content (AvgIpc) is 2.85. The van der Waals surface area contributed by atoms with E-state index in [9.17, 15) is 4.79 Å². The summed E-state index contributed by atoms with van der Waals surface area (Å²) in [6.07, 6.45) is 4.05. The van der Waals surface area contributed by atoms with E-state index in [-0.39, 0.29) is 11.7 Å². The van der Waals surface area contributed by atoms with Gasteiger partial charge in [-0.3, -0.25) is 9.89 Å². The summed E-state index contributed by atoms with van der Waals surface area (Å²) < 4.78 is 0. The number of hydrogen-bond donors (Lipinski definition) is 2. The lowest BCUT2D eigenvalue weighted by atomic mass is 10.3. The zero-order valence-corrected chi connectivity index (χ0v) is 9.79. The molecule has 1 saturated carbocycles. The second-order valence-electron chi connectivity index (χ2n) is 4.34. The Morgan fingerprint density at radius 2 is 2.38 bits per heavy atom. The van der Waals surface area contributed by atoms with Gasteiger partial charge in [0.1, 0.15) is 5.82 Å². The van der Waals surface area contributed by atoms with Crippen LogP contribution < -0.4 is 5.32 Å². The summed E-state index contributed by atoms with van der Waals surface area (Å²) in [5.74, 6) is 1.55. The number of carbonyl (C=O) groups is 1. The molecule has 1 aromatic heterocycles. The van der Waals surface area contributed by atoms with E-state index in [4.69, 9.17) is 0 Å². The first-order valence-electron chi connectivity index (χ1n) is 5.96. The first-order chi connectivity index (χ1) is 7.74. The minimum absolute atomic E-state index is 0.153. The molecule has 0 spiro atoms. The fraction of sp³-hybridized carbons (Fsp3) is 0.727. The molecule has 1 aliphatic carbocycles. The summed E-state index contributed by atoms with van der Waals surface area (Å²) in [4.78, 5) is 15.9. The Balaban J connectivity index is 1.88. The smallest absolute Gasteiger partial charge is 0.291 e. The van der Waals surface area contributed by atoms with Gasteiger partial charge in [0.05, 0.1) is 0 Å². The van der Waals surface area contributed by atoms with Crippen molar-refractivity contribution in [1.82, 2.24) is 20.5 Å². The van der Waals surface area contributed by atoms with Gasteiger partial charge in [0, 0.05) is 12.5 Å². The van der Waals surface area contributed by atoms with Crippen molar-refractivity contribution in [2.24, 2.45) is 5.92 Å². The Bertz CT molecular complexity index is 374. The van der Waals surface area contributed by atoms with Gasteiger partial charge >= 0.3 is 0 Å². The number of carbonyl (C=O) groups excluding carboxylic acids is 1. The summed E-state index contributed by atoms with van der Waals surface area (Å²) in [6.45, 7) is 4.21. The van der Waals surface area contributed by atoms with Gasteiger partial charge < -0.3 is 5.32 Å². The molecule has 2 atom stereocenters. The maximum Gasteiger partial charge on any atom is 0.291 e. The maximum absolute atomic E-state index is 11.7. The first kappa shape index (κ1) is 11.1. The molecule has 1 aromatic rings. The molecule has 88 valence electrons. The molecule has 1 amide bonds. The van der Waals surface area contributed by atoms with Gasteiger partial charge in [-0.1, -0.05) is 20.3 Å². The fourth-order valence-corrected chi connectivity index (χ4v) is 1.85. The van der Waals surface area contributed by atoms with Crippen molar-refractivity contribution in [2.75, 3.05) is 0 Å². The maximum atomic E-state index is 11.7. The number of rotatable bonds is 5. The van der Waals surface area contributed by atoms with Crippen molar-refractivity contribution in [1.29, 1.82) is 0 Å². The molecule has 2 N–H and O–H groups in total. The van der Waals surface area contributed by atoms with Crippen molar-refractivity contribution in [3.8, 4) is 0 Å². The molecular formula is C11H18N4O. The molecule has 1 fully saturated rings. The lowest BCUT2D eigenvalue weighted by Crippen LogP contribution is -2.27. The molecule has 0 radical (unpaired) electrons. The highest BCUT2D eigenvalue weighted by atomic mass is 16.2. The van der Waals surface area contributed by atoms with Gasteiger partial charge in [-0.15, -0.1) is 5.10 Å². The highest BCUT2D eigenvalue weighted by Crippen LogP contribution is 2.33. The normalized spacial score (nSPS) is 23.1. The third-order valence-electron chi connectivity index (χ3n) is 2.99. The zero-order valence-electron chi connectivity index (χ0n) is 9.79. The van der Waals surface area contributed by atoms with Crippen LogP contribution in [-0.4, -0.2) is 27.1 Å². The number of aryl methyl sites for hydroxylation is 1. The largest absolute Gasteiger partial charge is 0.346 e. The quantitative estimate of drug-likeness (QED) is 0.788. The van der Waals surface area contributed by atoms with Gasteiger partial charge in [-0.05, 0) is 18.8 Å². The van der Waals surface area contributed by atoms with Crippen LogP contribution in [0.3, 0.4) is 0 Å². The SMILES string of the molecule is CCCc1nc(C(=O)NC2CC2CC)n[nH]1. The van der Waals surface area contributed by atoms with Crippen LogP contribution in [-0.2, 0) is 6.42 Å². The molecule has 2 rings (SSSR count). The van der Waals surface area contributed by atoms with Crippen LogP contribution in [0.25, 0.3) is 0 Å². The Labute approximate surface area is 95.0 Å². The van der Waals surface area contributed by atoms with E-state index in [1.54, 1.807) is 0 Å². The molecule has 5 nitrogen and oxygen atoms in total. The van der Waals surface area contributed by atoms with Gasteiger partial charge in [0.15, 0.2) is 0 Å². The first-order valence-corrected chi connectivity index (χ1v) is 5.96. The van der Waals surface area contributed by atoms with E-state index in [0.29, 0.717) is 12.0 Å². The van der Waals surface area contributed by atoms with Crippen molar-refractivity contribution in [3.05, 3.63) is 11.6 Å². The van der Waals surface area contributed by atoms with Crippen molar-refractivity contribution in [3.63, 3.8) is 0 Å². The lowest BCUT2D eigenvalue weighted by Gasteiger charge is -1.99. The minimum Gasteiger partial charge on any atom is -0.346 e. The Hall–Kier alpha value is -1.39. The zero-order chi connectivity index (χ0) is 11.5. The third-order valence-corrected chi connectivity index (χ3v) is 2.99. The lowest BCUT2D eigenvalue weighted by molar-refractivity contribution is 0.0939. The molecule has 0 aliphatic heterocycles. The Morgan fingerprint density at radius 3 is 3.00 bits per heavy atom. The van der Waals surface area contributed by atoms with Gasteiger partial charge in [-0.25, -0.2) is 4.98 Å². The van der Waals surface area contributed by atoms with Crippen LogP contribution in [0.4, 0.5) is 0 Å².